The van der Waals surface area contributed by atoms with Gasteiger partial charge in [0.1, 0.15) is 0 Å². The van der Waals surface area contributed by atoms with Crippen LogP contribution in [-0.2, 0) is 0 Å². The summed E-state index contributed by atoms with van der Waals surface area (Å²) in [5.41, 5.74) is 0.606. The fraction of sp³-hybridized carbons (Fsp3) is 0.0769. The molecule has 0 radical (unpaired) electrons. The van der Waals surface area contributed by atoms with Crippen molar-refractivity contribution in [2.45, 2.75) is 6.42 Å². The molecule has 0 unspecified atom stereocenters. The van der Waals surface area contributed by atoms with E-state index in [1.165, 1.54) is 0 Å². The van der Waals surface area contributed by atoms with Crippen LogP contribution in [0.2, 0.25) is 0 Å². The summed E-state index contributed by atoms with van der Waals surface area (Å²) in [6.45, 7) is 0. The van der Waals surface area contributed by atoms with Gasteiger partial charge in [0.15, 0.2) is 0 Å². The zero-order chi connectivity index (χ0) is 11.4. The molecule has 0 bridgehead atoms. The van der Waals surface area contributed by atoms with E-state index in [4.69, 9.17) is 0 Å². The van der Waals surface area contributed by atoms with Crippen LogP contribution < -0.4 is 0 Å². The summed E-state index contributed by atoms with van der Waals surface area (Å²) in [4.78, 5) is 25.4. The summed E-state index contributed by atoms with van der Waals surface area (Å²) in [6.07, 6.45) is -0.0146. The standard InChI is InChI=1S/C13H10O2Se/c14-11(10-5-2-1-3-6-10)9-12(15)13-7-4-8-16-13/h1-8H,9H2. The summed E-state index contributed by atoms with van der Waals surface area (Å²) in [6, 6.07) is 12.6. The van der Waals surface area contributed by atoms with Gasteiger partial charge in [0.05, 0.1) is 0 Å². The monoisotopic (exact) mass is 278 g/mol. The molecule has 0 N–H and O–H groups in total. The van der Waals surface area contributed by atoms with Gasteiger partial charge in [0, 0.05) is 0 Å². The van der Waals surface area contributed by atoms with Crippen LogP contribution in [-0.4, -0.2) is 26.1 Å². The van der Waals surface area contributed by atoms with Gasteiger partial charge in [-0.15, -0.1) is 0 Å². The van der Waals surface area contributed by atoms with Gasteiger partial charge in [-0.1, -0.05) is 0 Å². The summed E-state index contributed by atoms with van der Waals surface area (Å²) >= 11 is 0.119. The van der Waals surface area contributed by atoms with Gasteiger partial charge >= 0.3 is 99.5 Å². The maximum absolute atomic E-state index is 11.8. The van der Waals surface area contributed by atoms with E-state index >= 15 is 0 Å². The Morgan fingerprint density at radius 3 is 2.31 bits per heavy atom. The topological polar surface area (TPSA) is 34.1 Å². The molecular formula is C13H10O2Se. The first-order valence-corrected chi connectivity index (χ1v) is 6.77. The van der Waals surface area contributed by atoms with E-state index < -0.39 is 0 Å². The van der Waals surface area contributed by atoms with Crippen LogP contribution in [0.5, 0.6) is 0 Å². The first kappa shape index (κ1) is 11.1. The number of carbonyl (C=O) groups excluding carboxylic acids is 2. The van der Waals surface area contributed by atoms with Gasteiger partial charge in [-0.2, -0.15) is 0 Å². The molecule has 0 atom stereocenters. The van der Waals surface area contributed by atoms with Crippen molar-refractivity contribution in [1.82, 2.24) is 0 Å². The molecule has 2 aromatic rings. The molecule has 0 aliphatic rings. The first-order valence-electron chi connectivity index (χ1n) is 4.92. The molecule has 1 aromatic carbocycles. The molecule has 0 spiro atoms. The van der Waals surface area contributed by atoms with Gasteiger partial charge in [-0.05, 0) is 0 Å². The number of benzene rings is 1. The second-order valence-electron chi connectivity index (χ2n) is 3.37. The van der Waals surface area contributed by atoms with Crippen molar-refractivity contribution in [1.29, 1.82) is 0 Å². The number of hydrogen-bond donors (Lipinski definition) is 0. The van der Waals surface area contributed by atoms with Crippen LogP contribution in [0.1, 0.15) is 26.0 Å². The van der Waals surface area contributed by atoms with Gasteiger partial charge in [-0.3, -0.25) is 0 Å². The molecule has 1 heterocycles. The van der Waals surface area contributed by atoms with Crippen LogP contribution in [0, 0.1) is 0 Å². The molecule has 0 aliphatic heterocycles. The average molecular weight is 277 g/mol. The molecular weight excluding hydrogens is 267 g/mol. The second-order valence-corrected chi connectivity index (χ2v) is 5.35. The van der Waals surface area contributed by atoms with E-state index in [-0.39, 0.29) is 32.5 Å². The van der Waals surface area contributed by atoms with Crippen molar-refractivity contribution in [3.8, 4) is 0 Å². The minimum absolute atomic E-state index is 0.0146. The third-order valence-corrected chi connectivity index (χ3v) is 4.12. The van der Waals surface area contributed by atoms with E-state index in [1.54, 1.807) is 30.3 Å². The summed E-state index contributed by atoms with van der Waals surface area (Å²) in [5, 5.41) is 0. The van der Waals surface area contributed by atoms with Crippen LogP contribution in [0.3, 0.4) is 0 Å². The molecule has 3 heteroatoms. The SMILES string of the molecule is O=C(CC(=O)c1ccc[se]1)c1ccccc1. The van der Waals surface area contributed by atoms with Crippen molar-refractivity contribution in [2.75, 3.05) is 0 Å². The maximum atomic E-state index is 11.8. The van der Waals surface area contributed by atoms with Crippen molar-refractivity contribution in [3.05, 3.63) is 57.4 Å². The van der Waals surface area contributed by atoms with E-state index in [2.05, 4.69) is 0 Å². The van der Waals surface area contributed by atoms with E-state index in [1.807, 2.05) is 17.1 Å². The van der Waals surface area contributed by atoms with Gasteiger partial charge in [0.2, 0.25) is 0 Å². The van der Waals surface area contributed by atoms with E-state index in [0.717, 1.165) is 4.44 Å². The van der Waals surface area contributed by atoms with Gasteiger partial charge < -0.3 is 0 Å². The van der Waals surface area contributed by atoms with Crippen LogP contribution in [0.25, 0.3) is 0 Å². The fourth-order valence-corrected chi connectivity index (χ4v) is 2.79. The Morgan fingerprint density at radius 1 is 0.938 bits per heavy atom. The van der Waals surface area contributed by atoms with Crippen LogP contribution in [0.4, 0.5) is 0 Å². The van der Waals surface area contributed by atoms with Crippen LogP contribution in [0.15, 0.2) is 47.4 Å². The molecule has 80 valence electrons. The second kappa shape index (κ2) is 5.06. The quantitative estimate of drug-likeness (QED) is 0.488. The van der Waals surface area contributed by atoms with E-state index in [0.29, 0.717) is 5.56 Å². The number of rotatable bonds is 4. The number of carbonyl (C=O) groups is 2. The molecule has 0 saturated carbocycles. The Hall–Kier alpha value is -1.44. The number of hydrogen-bond acceptors (Lipinski definition) is 2. The third kappa shape index (κ3) is 2.57. The predicted molar refractivity (Wildman–Crippen MR) is 63.1 cm³/mol. The molecule has 0 fully saturated rings. The molecule has 0 amide bonds. The first-order chi connectivity index (χ1) is 7.77. The average Bonchev–Trinajstić information content (AvgIpc) is 2.83. The number of Topliss-reactive ketones (excluding diaryl/α,β-unsaturated/α-hetero) is 2. The Bertz CT molecular complexity index is 486. The summed E-state index contributed by atoms with van der Waals surface area (Å²) in [5.74, 6) is -0.145. The summed E-state index contributed by atoms with van der Waals surface area (Å²) < 4.78 is 0.789. The molecule has 16 heavy (non-hydrogen) atoms. The molecule has 2 rings (SSSR count). The molecule has 2 nitrogen and oxygen atoms in total. The number of ketones is 2. The Kier molecular flexibility index (Phi) is 3.50. The third-order valence-electron chi connectivity index (χ3n) is 2.21. The Morgan fingerprint density at radius 2 is 1.69 bits per heavy atom. The van der Waals surface area contributed by atoms with E-state index in [9.17, 15) is 9.59 Å². The van der Waals surface area contributed by atoms with Crippen molar-refractivity contribution < 1.29 is 9.59 Å². The van der Waals surface area contributed by atoms with Crippen molar-refractivity contribution in [3.63, 3.8) is 0 Å². The fourth-order valence-electron chi connectivity index (χ4n) is 1.40. The van der Waals surface area contributed by atoms with Gasteiger partial charge in [0.25, 0.3) is 0 Å². The normalized spacial score (nSPS) is 10.0. The van der Waals surface area contributed by atoms with Gasteiger partial charge in [-0.25, -0.2) is 0 Å². The summed E-state index contributed by atoms with van der Waals surface area (Å²) in [7, 11) is 0. The molecule has 0 saturated heterocycles. The zero-order valence-corrected chi connectivity index (χ0v) is 10.3. The van der Waals surface area contributed by atoms with Crippen LogP contribution >= 0.6 is 0 Å². The molecule has 0 aliphatic carbocycles. The molecule has 1 aromatic heterocycles. The zero-order valence-electron chi connectivity index (χ0n) is 8.55. The Balaban J connectivity index is 2.06. The minimum atomic E-state index is -0.103. The Labute approximate surface area is 99.7 Å². The van der Waals surface area contributed by atoms with Crippen molar-refractivity contribution in [2.24, 2.45) is 0 Å². The van der Waals surface area contributed by atoms with Crippen molar-refractivity contribution >= 4 is 26.1 Å². The predicted octanol–water partition coefficient (Wildman–Crippen LogP) is 2.20.